The van der Waals surface area contributed by atoms with Gasteiger partial charge in [0.05, 0.1) is 0 Å². The Morgan fingerprint density at radius 2 is 2.19 bits per heavy atom. The van der Waals surface area contributed by atoms with Crippen LogP contribution in [-0.2, 0) is 6.54 Å². The molecule has 0 aromatic heterocycles. The minimum absolute atomic E-state index is 0.509. The highest BCUT2D eigenvalue weighted by molar-refractivity contribution is 7.99. The van der Waals surface area contributed by atoms with Crippen molar-refractivity contribution in [2.24, 2.45) is 5.73 Å². The van der Waals surface area contributed by atoms with Crippen LogP contribution in [0.25, 0.3) is 0 Å². The van der Waals surface area contributed by atoms with Gasteiger partial charge in [-0.2, -0.15) is 11.8 Å². The number of anilines is 1. The first-order chi connectivity index (χ1) is 7.81. The van der Waals surface area contributed by atoms with Crippen molar-refractivity contribution in [3.05, 3.63) is 28.8 Å². The quantitative estimate of drug-likeness (QED) is 0.882. The predicted molar refractivity (Wildman–Crippen MR) is 73.5 cm³/mol. The zero-order valence-corrected chi connectivity index (χ0v) is 10.9. The van der Waals surface area contributed by atoms with Crippen molar-refractivity contribution >= 4 is 29.1 Å². The molecule has 1 heterocycles. The highest BCUT2D eigenvalue weighted by Gasteiger charge is 2.11. The summed E-state index contributed by atoms with van der Waals surface area (Å²) < 4.78 is 0. The van der Waals surface area contributed by atoms with Crippen molar-refractivity contribution in [2.75, 3.05) is 29.5 Å². The molecule has 1 saturated heterocycles. The Labute approximate surface area is 106 Å². The lowest BCUT2D eigenvalue weighted by Crippen LogP contribution is -2.25. The van der Waals surface area contributed by atoms with E-state index in [0.29, 0.717) is 6.54 Å². The minimum Gasteiger partial charge on any atom is -0.371 e. The molecule has 1 aliphatic heterocycles. The summed E-state index contributed by atoms with van der Waals surface area (Å²) in [5.74, 6) is 2.47. The molecule has 2 rings (SSSR count). The van der Waals surface area contributed by atoms with Crippen LogP contribution in [0.3, 0.4) is 0 Å². The predicted octanol–water partition coefficient (Wildman–Crippen LogP) is 2.74. The van der Waals surface area contributed by atoms with Crippen LogP contribution < -0.4 is 10.6 Å². The van der Waals surface area contributed by atoms with Crippen LogP contribution in [0.1, 0.15) is 12.0 Å². The van der Waals surface area contributed by atoms with Gasteiger partial charge < -0.3 is 10.6 Å². The molecule has 0 bridgehead atoms. The molecule has 0 unspecified atom stereocenters. The molecule has 0 amide bonds. The molecule has 88 valence electrons. The van der Waals surface area contributed by atoms with Crippen molar-refractivity contribution in [1.29, 1.82) is 0 Å². The monoisotopic (exact) mass is 256 g/mol. The summed E-state index contributed by atoms with van der Waals surface area (Å²) >= 11 is 8.21. The van der Waals surface area contributed by atoms with Gasteiger partial charge >= 0.3 is 0 Å². The van der Waals surface area contributed by atoms with E-state index in [1.54, 1.807) is 0 Å². The van der Waals surface area contributed by atoms with Crippen LogP contribution in [0.2, 0.25) is 5.02 Å². The Balaban J connectivity index is 2.16. The van der Waals surface area contributed by atoms with Crippen LogP contribution in [0.4, 0.5) is 5.69 Å². The maximum atomic E-state index is 6.18. The van der Waals surface area contributed by atoms with E-state index in [9.17, 15) is 0 Å². The first-order valence-corrected chi connectivity index (χ1v) is 7.15. The molecular formula is C12H17ClN2S. The number of rotatable bonds is 2. The Bertz CT molecular complexity index is 349. The summed E-state index contributed by atoms with van der Waals surface area (Å²) in [5, 5.41) is 0.789. The van der Waals surface area contributed by atoms with Gasteiger partial charge in [0, 0.05) is 36.1 Å². The zero-order chi connectivity index (χ0) is 11.4. The molecule has 0 radical (unpaired) electrons. The van der Waals surface area contributed by atoms with Gasteiger partial charge in [-0.3, -0.25) is 0 Å². The maximum absolute atomic E-state index is 6.18. The SMILES string of the molecule is NCc1ccc(N2CCCSCC2)cc1Cl. The molecule has 1 aliphatic rings. The van der Waals surface area contributed by atoms with Gasteiger partial charge in [0.2, 0.25) is 0 Å². The van der Waals surface area contributed by atoms with Crippen LogP contribution in [0.15, 0.2) is 18.2 Å². The third-order valence-corrected chi connectivity index (χ3v) is 4.24. The fourth-order valence-electron chi connectivity index (χ4n) is 1.90. The van der Waals surface area contributed by atoms with E-state index in [1.165, 1.54) is 23.6 Å². The summed E-state index contributed by atoms with van der Waals surface area (Å²) in [6.45, 7) is 2.75. The average molecular weight is 257 g/mol. The summed E-state index contributed by atoms with van der Waals surface area (Å²) in [6, 6.07) is 6.21. The number of hydrogen-bond donors (Lipinski definition) is 1. The van der Waals surface area contributed by atoms with Crippen LogP contribution >= 0.6 is 23.4 Å². The Hall–Kier alpha value is -0.380. The Morgan fingerprint density at radius 3 is 2.94 bits per heavy atom. The number of thioether (sulfide) groups is 1. The standard InChI is InChI=1S/C12H17ClN2S/c13-12-8-11(3-2-10(12)9-14)15-4-1-6-16-7-5-15/h2-3,8H,1,4-7,9,14H2. The largest absolute Gasteiger partial charge is 0.371 e. The summed E-state index contributed by atoms with van der Waals surface area (Å²) in [6.07, 6.45) is 1.25. The molecular weight excluding hydrogens is 240 g/mol. The zero-order valence-electron chi connectivity index (χ0n) is 9.29. The van der Waals surface area contributed by atoms with Gasteiger partial charge in [-0.15, -0.1) is 0 Å². The van der Waals surface area contributed by atoms with Gasteiger partial charge in [0.1, 0.15) is 0 Å². The molecule has 2 nitrogen and oxygen atoms in total. The summed E-state index contributed by atoms with van der Waals surface area (Å²) in [5.41, 5.74) is 7.85. The van der Waals surface area contributed by atoms with Gasteiger partial charge in [-0.25, -0.2) is 0 Å². The third kappa shape index (κ3) is 2.84. The molecule has 4 heteroatoms. The van der Waals surface area contributed by atoms with E-state index >= 15 is 0 Å². The number of halogens is 1. The topological polar surface area (TPSA) is 29.3 Å². The number of benzene rings is 1. The molecule has 0 aliphatic carbocycles. The van der Waals surface area contributed by atoms with Crippen molar-refractivity contribution < 1.29 is 0 Å². The molecule has 1 aromatic carbocycles. The fourth-order valence-corrected chi connectivity index (χ4v) is 3.04. The van der Waals surface area contributed by atoms with Gasteiger partial charge in [-0.05, 0) is 29.9 Å². The van der Waals surface area contributed by atoms with Gasteiger partial charge in [-0.1, -0.05) is 17.7 Å². The number of nitrogens with zero attached hydrogens (tertiary/aromatic N) is 1. The second-order valence-electron chi connectivity index (χ2n) is 3.93. The van der Waals surface area contributed by atoms with Gasteiger partial charge in [0.15, 0.2) is 0 Å². The number of nitrogens with two attached hydrogens (primary N) is 1. The Morgan fingerprint density at radius 1 is 1.31 bits per heavy atom. The van der Waals surface area contributed by atoms with Crippen LogP contribution in [0.5, 0.6) is 0 Å². The van der Waals surface area contributed by atoms with E-state index in [2.05, 4.69) is 11.0 Å². The summed E-state index contributed by atoms with van der Waals surface area (Å²) in [4.78, 5) is 2.41. The molecule has 0 spiro atoms. The number of hydrogen-bond acceptors (Lipinski definition) is 3. The maximum Gasteiger partial charge on any atom is 0.0471 e. The third-order valence-electron chi connectivity index (χ3n) is 2.84. The van der Waals surface area contributed by atoms with E-state index in [1.807, 2.05) is 23.9 Å². The smallest absolute Gasteiger partial charge is 0.0471 e. The molecule has 0 atom stereocenters. The molecule has 16 heavy (non-hydrogen) atoms. The van der Waals surface area contributed by atoms with Crippen molar-refractivity contribution in [3.63, 3.8) is 0 Å². The molecule has 1 fully saturated rings. The van der Waals surface area contributed by atoms with Crippen molar-refractivity contribution in [3.8, 4) is 0 Å². The second-order valence-corrected chi connectivity index (χ2v) is 5.56. The first kappa shape index (κ1) is 12.1. The van der Waals surface area contributed by atoms with Crippen molar-refractivity contribution in [2.45, 2.75) is 13.0 Å². The van der Waals surface area contributed by atoms with Gasteiger partial charge in [0.25, 0.3) is 0 Å². The lowest BCUT2D eigenvalue weighted by molar-refractivity contribution is 0.816. The lowest BCUT2D eigenvalue weighted by atomic mass is 10.2. The molecule has 1 aromatic rings. The Kier molecular flexibility index (Phi) is 4.38. The second kappa shape index (κ2) is 5.80. The van der Waals surface area contributed by atoms with E-state index in [0.717, 1.165) is 23.7 Å². The highest BCUT2D eigenvalue weighted by Crippen LogP contribution is 2.25. The van der Waals surface area contributed by atoms with E-state index in [4.69, 9.17) is 17.3 Å². The highest BCUT2D eigenvalue weighted by atomic mass is 35.5. The molecule has 2 N–H and O–H groups in total. The van der Waals surface area contributed by atoms with Crippen LogP contribution in [-0.4, -0.2) is 24.6 Å². The van der Waals surface area contributed by atoms with E-state index < -0.39 is 0 Å². The van der Waals surface area contributed by atoms with Crippen molar-refractivity contribution in [1.82, 2.24) is 0 Å². The summed E-state index contributed by atoms with van der Waals surface area (Å²) in [7, 11) is 0. The lowest BCUT2D eigenvalue weighted by Gasteiger charge is -2.22. The molecule has 0 saturated carbocycles. The first-order valence-electron chi connectivity index (χ1n) is 5.62. The van der Waals surface area contributed by atoms with E-state index in [-0.39, 0.29) is 0 Å². The fraction of sp³-hybridized carbons (Fsp3) is 0.500. The van der Waals surface area contributed by atoms with Crippen LogP contribution in [0, 0.1) is 0 Å². The normalized spacial score (nSPS) is 17.2. The average Bonchev–Trinajstić information content (AvgIpc) is 2.57. The minimum atomic E-state index is 0.509.